The fraction of sp³-hybridized carbons (Fsp3) is 0.286. The van der Waals surface area contributed by atoms with Crippen molar-refractivity contribution in [3.8, 4) is 28.2 Å². The van der Waals surface area contributed by atoms with E-state index in [0.29, 0.717) is 55.7 Å². The number of carbonyl (C=O) groups is 1. The molecule has 0 saturated heterocycles. The molecular weight excluding hydrogens is 462 g/mol. The van der Waals surface area contributed by atoms with Crippen molar-refractivity contribution < 1.29 is 78.5 Å². The smallest absolute Gasteiger partial charge is 0.872 e. The zero-order valence-electron chi connectivity index (χ0n) is 22.5. The number of carboxylic acid groups (broad SMARTS) is 1. The topological polar surface area (TPSA) is 93.4 Å². The molecule has 35 heavy (non-hydrogen) atoms. The molecule has 0 radical (unpaired) electrons. The summed E-state index contributed by atoms with van der Waals surface area (Å²) in [5.74, 6) is -1.10. The van der Waals surface area contributed by atoms with Gasteiger partial charge in [0.15, 0.2) is 5.43 Å². The second kappa shape index (κ2) is 14.2. The summed E-state index contributed by atoms with van der Waals surface area (Å²) in [6.07, 6.45) is 0. The number of aromatic carboxylic acids is 1. The Morgan fingerprint density at radius 2 is 1.40 bits per heavy atom. The molecule has 2 aromatic rings. The van der Waals surface area contributed by atoms with Gasteiger partial charge in [0.25, 0.3) is 0 Å². The second-order valence-electron chi connectivity index (χ2n) is 7.36. The molecule has 0 fully saturated rings. The molecule has 0 saturated carbocycles. The van der Waals surface area contributed by atoms with Gasteiger partial charge >= 0.3 is 59.1 Å². The maximum absolute atomic E-state index is 12.5. The van der Waals surface area contributed by atoms with Crippen molar-refractivity contribution in [2.24, 2.45) is 0 Å². The molecule has 0 aromatic heterocycles. The van der Waals surface area contributed by atoms with Crippen molar-refractivity contribution in [2.75, 3.05) is 0 Å². The molecule has 1 aliphatic heterocycles. The van der Waals surface area contributed by atoms with Crippen LogP contribution in [0.25, 0.3) is 33.4 Å². The Labute approximate surface area is 251 Å². The third-order valence-electron chi connectivity index (χ3n) is 5.45. The summed E-state index contributed by atoms with van der Waals surface area (Å²) < 4.78 is 6.08. The molecule has 0 N–H and O–H groups in total. The normalized spacial score (nSPS) is 9.71. The van der Waals surface area contributed by atoms with E-state index in [4.69, 9.17) is 4.42 Å². The first-order valence-electron chi connectivity index (χ1n) is 11.2. The molecule has 0 atom stereocenters. The van der Waals surface area contributed by atoms with Gasteiger partial charge in [0.05, 0.1) is 5.97 Å². The summed E-state index contributed by atoms with van der Waals surface area (Å²) in [6, 6.07) is 9.98. The van der Waals surface area contributed by atoms with Gasteiger partial charge in [-0.05, 0) is 56.5 Å². The van der Waals surface area contributed by atoms with Crippen LogP contribution in [0.5, 0.6) is 5.75 Å². The minimum absolute atomic E-state index is 0. The van der Waals surface area contributed by atoms with Crippen LogP contribution in [0.1, 0.15) is 60.3 Å². The van der Waals surface area contributed by atoms with Gasteiger partial charge in [0.1, 0.15) is 11.3 Å². The molecule has 174 valence electrons. The Balaban J connectivity index is 0.00000183. The van der Waals surface area contributed by atoms with Crippen molar-refractivity contribution in [2.45, 2.75) is 55.4 Å². The molecule has 1 aliphatic carbocycles. The van der Waals surface area contributed by atoms with Gasteiger partial charge in [-0.25, -0.2) is 0 Å². The molecule has 1 heterocycles. The third-order valence-corrected chi connectivity index (χ3v) is 5.45. The van der Waals surface area contributed by atoms with Gasteiger partial charge in [-0.3, -0.25) is 4.79 Å². The van der Waals surface area contributed by atoms with Gasteiger partial charge in [0.2, 0.25) is 0 Å². The average molecular weight is 493 g/mol. The van der Waals surface area contributed by atoms with Gasteiger partial charge in [0, 0.05) is 27.6 Å². The summed E-state index contributed by atoms with van der Waals surface area (Å²) in [6.45, 7) is 14.8. The minimum Gasteiger partial charge on any atom is -0.872 e. The van der Waals surface area contributed by atoms with Crippen LogP contribution in [0.4, 0.5) is 0 Å². The van der Waals surface area contributed by atoms with E-state index in [1.165, 1.54) is 6.07 Å². The largest absolute Gasteiger partial charge is 1.00 e. The van der Waals surface area contributed by atoms with E-state index in [2.05, 4.69) is 0 Å². The zero-order valence-corrected chi connectivity index (χ0v) is 26.5. The summed E-state index contributed by atoms with van der Waals surface area (Å²) in [5.41, 5.74) is 3.82. The fourth-order valence-electron chi connectivity index (χ4n) is 3.95. The van der Waals surface area contributed by atoms with Crippen LogP contribution in [0, 0.1) is 27.7 Å². The molecule has 0 amide bonds. The van der Waals surface area contributed by atoms with Crippen molar-refractivity contribution in [3.63, 3.8) is 0 Å². The van der Waals surface area contributed by atoms with Crippen LogP contribution in [0.3, 0.4) is 0 Å². The van der Waals surface area contributed by atoms with Crippen LogP contribution >= 0.6 is 0 Å². The van der Waals surface area contributed by atoms with Gasteiger partial charge in [-0.15, -0.1) is 0 Å². The van der Waals surface area contributed by atoms with Crippen molar-refractivity contribution >= 4 is 16.9 Å². The number of hydrogen-bond acceptors (Lipinski definition) is 5. The Morgan fingerprint density at radius 1 is 0.829 bits per heavy atom. The number of aryl methyl sites for hydroxylation is 3. The number of hydrogen-bond donors (Lipinski definition) is 0. The van der Waals surface area contributed by atoms with Crippen LogP contribution in [-0.2, 0) is 0 Å². The third kappa shape index (κ3) is 6.22. The van der Waals surface area contributed by atoms with Crippen LogP contribution in [-0.4, -0.2) is 5.97 Å². The fourth-order valence-corrected chi connectivity index (χ4v) is 3.95. The van der Waals surface area contributed by atoms with E-state index >= 15 is 0 Å². The molecule has 0 bridgehead atoms. The molecule has 2 aliphatic rings. The van der Waals surface area contributed by atoms with Gasteiger partial charge in [-0.1, -0.05) is 63.3 Å². The van der Waals surface area contributed by atoms with E-state index < -0.39 is 5.97 Å². The van der Waals surface area contributed by atoms with Crippen molar-refractivity contribution in [3.05, 3.63) is 74.4 Å². The van der Waals surface area contributed by atoms with E-state index in [0.717, 1.165) is 0 Å². The van der Waals surface area contributed by atoms with Crippen LogP contribution < -0.4 is 74.8 Å². The predicted octanol–water partition coefficient (Wildman–Crippen LogP) is -0.704. The molecule has 7 heteroatoms. The summed E-state index contributed by atoms with van der Waals surface area (Å²) >= 11 is 0. The van der Waals surface area contributed by atoms with Crippen LogP contribution in [0.2, 0.25) is 0 Å². The second-order valence-corrected chi connectivity index (χ2v) is 7.36. The minimum atomic E-state index is -1.30. The number of carboxylic acids is 1. The monoisotopic (exact) mass is 492 g/mol. The Kier molecular flexibility index (Phi) is 13.6. The first-order chi connectivity index (χ1) is 15.7. The van der Waals surface area contributed by atoms with Crippen molar-refractivity contribution in [1.29, 1.82) is 0 Å². The van der Waals surface area contributed by atoms with E-state index in [1.54, 1.807) is 58.0 Å². The van der Waals surface area contributed by atoms with E-state index in [-0.39, 0.29) is 75.9 Å². The predicted molar refractivity (Wildman–Crippen MR) is 130 cm³/mol. The van der Waals surface area contributed by atoms with Gasteiger partial charge < -0.3 is 19.4 Å². The zero-order chi connectivity index (χ0) is 25.0. The Morgan fingerprint density at radius 3 is 1.97 bits per heavy atom. The van der Waals surface area contributed by atoms with E-state index in [9.17, 15) is 19.8 Å². The first kappa shape index (κ1) is 33.4. The number of rotatable bonds is 2. The molecule has 0 spiro atoms. The quantitative estimate of drug-likeness (QED) is 0.273. The molecule has 5 nitrogen and oxygen atoms in total. The molecule has 0 unspecified atom stereocenters. The number of fused-ring (bicyclic) bond motifs is 2. The maximum atomic E-state index is 12.5. The average Bonchev–Trinajstić information content (AvgIpc) is 2.83. The molecule has 2 aromatic carbocycles. The molecule has 4 rings (SSSR count). The number of benzene rings is 3. The number of carbonyl (C=O) groups excluding carboxylic acids is 1. The maximum Gasteiger partial charge on any atom is 1.00 e. The summed E-state index contributed by atoms with van der Waals surface area (Å²) in [7, 11) is 0. The standard InChI is InChI=1S/C24H20O5.2C2H6.2Na/c1-11-9-17-19(15-7-5-6-8-16(15)24(27)28)18-10-12(2)21(26)14(4)23(18)29-22(17)13(3)20(11)25;2*1-2;;/h5-10,25H,1-4H3,(H,27,28);2*1-2H3;;/q;;;2*+1/p-2. The van der Waals surface area contributed by atoms with Crippen molar-refractivity contribution in [1.82, 2.24) is 0 Å². The Hall–Kier alpha value is -1.60. The Bertz CT molecular complexity index is 1360. The van der Waals surface area contributed by atoms with E-state index in [1.807, 2.05) is 27.7 Å². The summed E-state index contributed by atoms with van der Waals surface area (Å²) in [5, 5.41) is 25.0. The first-order valence-corrected chi connectivity index (χ1v) is 11.2. The molecular formula is C28H30Na2O5. The van der Waals surface area contributed by atoms with Crippen LogP contribution in [0.15, 0.2) is 45.6 Å². The SMILES string of the molecule is CC.CC.Cc1cc2c(-c3ccccc3C(=O)[O-])c3cc(C)c(=O)c(C)c-3oc2c(C)c1[O-].[Na+].[Na+]. The van der Waals surface area contributed by atoms with Gasteiger partial charge in [-0.2, -0.15) is 0 Å². The summed E-state index contributed by atoms with van der Waals surface area (Å²) in [4.78, 5) is 24.3.